The van der Waals surface area contributed by atoms with Gasteiger partial charge in [0.25, 0.3) is 0 Å². The highest BCUT2D eigenvalue weighted by Crippen LogP contribution is 2.48. The fourth-order valence-electron chi connectivity index (χ4n) is 4.77. The fourth-order valence-corrected chi connectivity index (χ4v) is 4.77. The van der Waals surface area contributed by atoms with Crippen molar-refractivity contribution >= 4 is 0 Å². The summed E-state index contributed by atoms with van der Waals surface area (Å²) in [6.45, 7) is 2.42. The lowest BCUT2D eigenvalue weighted by atomic mass is 9.68. The Kier molecular flexibility index (Phi) is 3.20. The van der Waals surface area contributed by atoms with Crippen LogP contribution in [0.15, 0.2) is 0 Å². The molecule has 2 aliphatic heterocycles. The minimum atomic E-state index is 0.620. The lowest BCUT2D eigenvalue weighted by Gasteiger charge is -2.61. The normalized spacial score (nSPS) is 40.9. The Hall–Kier alpha value is -0.0800. The Balaban J connectivity index is 1.80. The molecule has 2 saturated heterocycles. The van der Waals surface area contributed by atoms with E-state index in [-0.39, 0.29) is 0 Å². The number of hydrogen-bond donors (Lipinski definition) is 1. The average Bonchev–Trinajstić information content (AvgIpc) is 2.27. The molecule has 0 spiro atoms. The first-order valence-corrected chi connectivity index (χ1v) is 7.75. The molecule has 2 atom stereocenters. The van der Waals surface area contributed by atoms with Crippen LogP contribution in [-0.2, 0) is 0 Å². The van der Waals surface area contributed by atoms with Gasteiger partial charge in [0, 0.05) is 23.7 Å². The van der Waals surface area contributed by atoms with Crippen molar-refractivity contribution in [1.82, 2.24) is 10.2 Å². The number of fused-ring (bicyclic) bond motifs is 2. The first-order valence-electron chi connectivity index (χ1n) is 7.75. The SMILES string of the molecule is CCC1(N2C3CCCC2CC(NC)C3)CCC1. The molecule has 2 heterocycles. The second kappa shape index (κ2) is 4.55. The molecule has 0 aromatic heterocycles. The molecule has 1 N–H and O–H groups in total. The zero-order valence-corrected chi connectivity index (χ0v) is 11.5. The number of nitrogens with zero attached hydrogens (tertiary/aromatic N) is 1. The highest BCUT2D eigenvalue weighted by molar-refractivity contribution is 5.06. The van der Waals surface area contributed by atoms with Gasteiger partial charge in [-0.15, -0.1) is 0 Å². The molecule has 3 fully saturated rings. The number of piperidine rings is 2. The maximum absolute atomic E-state index is 3.53. The number of nitrogens with one attached hydrogen (secondary N) is 1. The number of rotatable bonds is 3. The predicted molar refractivity (Wildman–Crippen MR) is 72.2 cm³/mol. The predicted octanol–water partition coefficient (Wildman–Crippen LogP) is 2.92. The third-order valence-electron chi connectivity index (χ3n) is 5.87. The van der Waals surface area contributed by atoms with E-state index >= 15 is 0 Å². The van der Waals surface area contributed by atoms with Crippen molar-refractivity contribution in [3.05, 3.63) is 0 Å². The van der Waals surface area contributed by atoms with Gasteiger partial charge in [-0.3, -0.25) is 4.90 Å². The zero-order chi connectivity index (χ0) is 11.9. The van der Waals surface area contributed by atoms with Gasteiger partial charge >= 0.3 is 0 Å². The van der Waals surface area contributed by atoms with Gasteiger partial charge in [0.2, 0.25) is 0 Å². The number of hydrogen-bond acceptors (Lipinski definition) is 2. The Morgan fingerprint density at radius 3 is 2.18 bits per heavy atom. The van der Waals surface area contributed by atoms with E-state index in [4.69, 9.17) is 0 Å². The van der Waals surface area contributed by atoms with E-state index in [2.05, 4.69) is 24.2 Å². The average molecular weight is 236 g/mol. The van der Waals surface area contributed by atoms with Gasteiger partial charge < -0.3 is 5.32 Å². The molecule has 0 aromatic carbocycles. The Morgan fingerprint density at radius 2 is 1.76 bits per heavy atom. The van der Waals surface area contributed by atoms with Crippen LogP contribution in [0.2, 0.25) is 0 Å². The molecule has 1 saturated carbocycles. The molecule has 1 aliphatic carbocycles. The Bertz CT molecular complexity index is 253. The van der Waals surface area contributed by atoms with Crippen LogP contribution in [0.5, 0.6) is 0 Å². The van der Waals surface area contributed by atoms with E-state index in [0.717, 1.165) is 18.1 Å². The minimum absolute atomic E-state index is 0.620. The van der Waals surface area contributed by atoms with Crippen molar-refractivity contribution < 1.29 is 0 Å². The molecule has 3 rings (SSSR count). The van der Waals surface area contributed by atoms with Gasteiger partial charge in [-0.05, 0) is 58.4 Å². The van der Waals surface area contributed by atoms with Crippen LogP contribution in [0.25, 0.3) is 0 Å². The first-order chi connectivity index (χ1) is 8.29. The molecular formula is C15H28N2. The van der Waals surface area contributed by atoms with Crippen LogP contribution in [0, 0.1) is 0 Å². The Labute approximate surface area is 106 Å². The summed E-state index contributed by atoms with van der Waals surface area (Å²) in [5, 5.41) is 3.53. The first kappa shape index (κ1) is 12.0. The summed E-state index contributed by atoms with van der Waals surface area (Å²) in [5.74, 6) is 0. The lowest BCUT2D eigenvalue weighted by Crippen LogP contribution is -2.66. The van der Waals surface area contributed by atoms with E-state index in [9.17, 15) is 0 Å². The van der Waals surface area contributed by atoms with Gasteiger partial charge in [-0.2, -0.15) is 0 Å². The summed E-state index contributed by atoms with van der Waals surface area (Å²) in [6.07, 6.45) is 13.0. The summed E-state index contributed by atoms with van der Waals surface area (Å²) < 4.78 is 0. The van der Waals surface area contributed by atoms with E-state index < -0.39 is 0 Å². The smallest absolute Gasteiger partial charge is 0.0212 e. The van der Waals surface area contributed by atoms with Gasteiger partial charge in [-0.1, -0.05) is 13.3 Å². The standard InChI is InChI=1S/C15H28N2/c1-3-15(8-5-9-15)17-13-6-4-7-14(17)11-12(10-13)16-2/h12-14,16H,3-11H2,1-2H3. The van der Waals surface area contributed by atoms with Crippen molar-refractivity contribution in [2.45, 2.75) is 88.4 Å². The molecule has 3 aliphatic rings. The summed E-state index contributed by atoms with van der Waals surface area (Å²) in [5.41, 5.74) is 0.620. The van der Waals surface area contributed by atoms with E-state index in [0.29, 0.717) is 5.54 Å². The van der Waals surface area contributed by atoms with Crippen LogP contribution in [-0.4, -0.2) is 35.6 Å². The molecule has 2 unspecified atom stereocenters. The molecule has 0 aromatic rings. The molecule has 2 heteroatoms. The van der Waals surface area contributed by atoms with E-state index in [1.807, 2.05) is 0 Å². The summed E-state index contributed by atoms with van der Waals surface area (Å²) >= 11 is 0. The van der Waals surface area contributed by atoms with Crippen molar-refractivity contribution in [3.8, 4) is 0 Å². The topological polar surface area (TPSA) is 15.3 Å². The van der Waals surface area contributed by atoms with Crippen LogP contribution in [0.1, 0.15) is 64.7 Å². The molecule has 0 radical (unpaired) electrons. The highest BCUT2D eigenvalue weighted by atomic mass is 15.3. The van der Waals surface area contributed by atoms with E-state index in [1.165, 1.54) is 57.8 Å². The van der Waals surface area contributed by atoms with Gasteiger partial charge in [0.1, 0.15) is 0 Å². The highest BCUT2D eigenvalue weighted by Gasteiger charge is 2.50. The second-order valence-electron chi connectivity index (χ2n) is 6.53. The van der Waals surface area contributed by atoms with Crippen LogP contribution < -0.4 is 5.32 Å². The van der Waals surface area contributed by atoms with Crippen molar-refractivity contribution in [3.63, 3.8) is 0 Å². The maximum atomic E-state index is 3.53. The van der Waals surface area contributed by atoms with E-state index in [1.54, 1.807) is 0 Å². The molecule has 0 amide bonds. The van der Waals surface area contributed by atoms with Gasteiger partial charge in [0.05, 0.1) is 0 Å². The van der Waals surface area contributed by atoms with Crippen molar-refractivity contribution in [2.24, 2.45) is 0 Å². The molecule has 17 heavy (non-hydrogen) atoms. The molecule has 98 valence electrons. The lowest BCUT2D eigenvalue weighted by molar-refractivity contribution is -0.0999. The van der Waals surface area contributed by atoms with Crippen molar-refractivity contribution in [1.29, 1.82) is 0 Å². The zero-order valence-electron chi connectivity index (χ0n) is 11.5. The maximum Gasteiger partial charge on any atom is 0.0212 e. The van der Waals surface area contributed by atoms with Crippen LogP contribution in [0.3, 0.4) is 0 Å². The molecule has 2 bridgehead atoms. The monoisotopic (exact) mass is 236 g/mol. The summed E-state index contributed by atoms with van der Waals surface area (Å²) in [4.78, 5) is 2.99. The summed E-state index contributed by atoms with van der Waals surface area (Å²) in [6, 6.07) is 2.57. The minimum Gasteiger partial charge on any atom is -0.317 e. The van der Waals surface area contributed by atoms with Gasteiger partial charge in [-0.25, -0.2) is 0 Å². The van der Waals surface area contributed by atoms with Gasteiger partial charge in [0.15, 0.2) is 0 Å². The van der Waals surface area contributed by atoms with Crippen LogP contribution >= 0.6 is 0 Å². The third kappa shape index (κ3) is 1.84. The summed E-state index contributed by atoms with van der Waals surface area (Å²) in [7, 11) is 2.15. The second-order valence-corrected chi connectivity index (χ2v) is 6.53. The Morgan fingerprint density at radius 1 is 1.12 bits per heavy atom. The third-order valence-corrected chi connectivity index (χ3v) is 5.87. The molecular weight excluding hydrogens is 208 g/mol. The fraction of sp³-hybridized carbons (Fsp3) is 1.00. The largest absolute Gasteiger partial charge is 0.317 e. The van der Waals surface area contributed by atoms with Crippen molar-refractivity contribution in [2.75, 3.05) is 7.05 Å². The van der Waals surface area contributed by atoms with Crippen LogP contribution in [0.4, 0.5) is 0 Å². The molecule has 2 nitrogen and oxygen atoms in total. The quantitative estimate of drug-likeness (QED) is 0.810.